The Kier molecular flexibility index (Phi) is 6.93. The third kappa shape index (κ3) is 5.81. The maximum atomic E-state index is 13.4. The van der Waals surface area contributed by atoms with Gasteiger partial charge in [0.25, 0.3) is 0 Å². The summed E-state index contributed by atoms with van der Waals surface area (Å²) in [6.45, 7) is 0.387. The molecule has 3 aromatic rings. The number of amides is 1. The van der Waals surface area contributed by atoms with Crippen LogP contribution in [0.15, 0.2) is 24.4 Å². The van der Waals surface area contributed by atoms with Gasteiger partial charge in [-0.1, -0.05) is 12.8 Å². The Morgan fingerprint density at radius 2 is 1.54 bits per heavy atom. The van der Waals surface area contributed by atoms with Crippen LogP contribution < -0.4 is 10.6 Å². The van der Waals surface area contributed by atoms with Crippen LogP contribution in [0.1, 0.15) is 55.7 Å². The molecule has 3 N–H and O–H groups in total. The van der Waals surface area contributed by atoms with E-state index in [0.29, 0.717) is 36.6 Å². The lowest BCUT2D eigenvalue weighted by atomic mass is 10.1. The fourth-order valence-corrected chi connectivity index (χ4v) is 5.12. The number of hydrogen-bond acceptors (Lipinski definition) is 6. The molecule has 9 nitrogen and oxygen atoms in total. The number of imidazole rings is 1. The molecule has 1 amide bonds. The van der Waals surface area contributed by atoms with Gasteiger partial charge in [0.05, 0.1) is 17.3 Å². The van der Waals surface area contributed by atoms with Crippen molar-refractivity contribution in [2.75, 3.05) is 23.7 Å². The Hall–Kier alpha value is -3.78. The summed E-state index contributed by atoms with van der Waals surface area (Å²) in [6, 6.07) is 1.06. The van der Waals surface area contributed by atoms with Gasteiger partial charge >= 0.3 is 18.4 Å². The summed E-state index contributed by atoms with van der Waals surface area (Å²) in [5.74, 6) is 0.321. The molecule has 1 aliphatic heterocycles. The number of aromatic nitrogens is 4. The lowest BCUT2D eigenvalue weighted by Gasteiger charge is -2.31. The Bertz CT molecular complexity index is 1330. The van der Waals surface area contributed by atoms with Crippen LogP contribution in [-0.4, -0.2) is 54.8 Å². The lowest BCUT2D eigenvalue weighted by molar-refractivity contribution is -0.143. The number of halogens is 6. The van der Waals surface area contributed by atoms with Gasteiger partial charge in [0.1, 0.15) is 5.52 Å². The normalized spacial score (nSPS) is 17.6. The van der Waals surface area contributed by atoms with Crippen molar-refractivity contribution in [3.63, 3.8) is 0 Å². The van der Waals surface area contributed by atoms with E-state index in [1.54, 1.807) is 4.57 Å². The van der Waals surface area contributed by atoms with E-state index in [2.05, 4.69) is 25.6 Å². The molecule has 2 fully saturated rings. The molecule has 210 valence electrons. The number of nitrogens with one attached hydrogen (secondary N) is 2. The molecular weight excluding hydrogens is 532 g/mol. The molecule has 5 rings (SSSR count). The van der Waals surface area contributed by atoms with E-state index in [4.69, 9.17) is 0 Å². The average Bonchev–Trinajstić information content (AvgIpc) is 3.50. The minimum atomic E-state index is -5.01. The number of hydrogen-bond donors (Lipinski definition) is 3. The standard InChI is InChI=1S/C24H25F6N7O2/c25-23(26,27)13-9-14(24(28,29)30)11-16(10-13)33-21-34-18-12-31-20(32-15-3-1-2-4-15)35-19(18)37(21)17-5-7-36(8-6-17)22(38)39/h9-12,15,17H,1-8H2,(H,33,34)(H,38,39)(H,31,32,35). The second kappa shape index (κ2) is 10.1. The summed E-state index contributed by atoms with van der Waals surface area (Å²) in [4.78, 5) is 25.9. The monoisotopic (exact) mass is 557 g/mol. The van der Waals surface area contributed by atoms with Crippen molar-refractivity contribution in [2.24, 2.45) is 0 Å². The van der Waals surface area contributed by atoms with Crippen LogP contribution in [-0.2, 0) is 12.4 Å². The van der Waals surface area contributed by atoms with Crippen molar-refractivity contribution < 1.29 is 36.2 Å². The number of fused-ring (bicyclic) bond motifs is 1. The molecule has 0 unspecified atom stereocenters. The minimum Gasteiger partial charge on any atom is -0.465 e. The quantitative estimate of drug-likeness (QED) is 0.317. The van der Waals surface area contributed by atoms with Crippen LogP contribution in [0, 0.1) is 0 Å². The number of anilines is 3. The van der Waals surface area contributed by atoms with Crippen molar-refractivity contribution in [3.05, 3.63) is 35.5 Å². The number of rotatable bonds is 5. The largest absolute Gasteiger partial charge is 0.465 e. The molecule has 1 aliphatic carbocycles. The smallest absolute Gasteiger partial charge is 0.416 e. The third-order valence-electron chi connectivity index (χ3n) is 7.07. The molecule has 15 heteroatoms. The van der Waals surface area contributed by atoms with Crippen molar-refractivity contribution in [1.29, 1.82) is 0 Å². The molecule has 0 bridgehead atoms. The Morgan fingerprint density at radius 3 is 2.10 bits per heavy atom. The zero-order chi connectivity index (χ0) is 27.9. The third-order valence-corrected chi connectivity index (χ3v) is 7.07. The maximum Gasteiger partial charge on any atom is 0.416 e. The summed E-state index contributed by atoms with van der Waals surface area (Å²) in [5.41, 5.74) is -2.74. The van der Waals surface area contributed by atoms with Crippen LogP contribution >= 0.6 is 0 Å². The zero-order valence-corrected chi connectivity index (χ0v) is 20.5. The number of piperidine rings is 1. The van der Waals surface area contributed by atoms with Crippen molar-refractivity contribution in [3.8, 4) is 0 Å². The van der Waals surface area contributed by atoms with E-state index in [0.717, 1.165) is 25.7 Å². The number of benzene rings is 1. The first-order chi connectivity index (χ1) is 18.4. The molecule has 1 aromatic carbocycles. The molecule has 0 spiro atoms. The van der Waals surface area contributed by atoms with Crippen molar-refractivity contribution in [2.45, 2.75) is 63.0 Å². The summed E-state index contributed by atoms with van der Waals surface area (Å²) in [6.07, 6.45) is -4.89. The fraction of sp³-hybridized carbons (Fsp3) is 0.500. The van der Waals surface area contributed by atoms with Crippen LogP contribution in [0.25, 0.3) is 11.2 Å². The highest BCUT2D eigenvalue weighted by Gasteiger charge is 2.37. The van der Waals surface area contributed by atoms with E-state index in [-0.39, 0.29) is 42.7 Å². The van der Waals surface area contributed by atoms with E-state index in [1.807, 2.05) is 0 Å². The molecule has 39 heavy (non-hydrogen) atoms. The van der Waals surface area contributed by atoms with Crippen LogP contribution in [0.5, 0.6) is 0 Å². The molecular formula is C24H25F6N7O2. The highest BCUT2D eigenvalue weighted by Crippen LogP contribution is 2.39. The second-order valence-electron chi connectivity index (χ2n) is 9.75. The van der Waals surface area contributed by atoms with Gasteiger partial charge in [0.15, 0.2) is 5.65 Å². The molecule has 0 atom stereocenters. The van der Waals surface area contributed by atoms with Gasteiger partial charge in [-0.15, -0.1) is 0 Å². The first-order valence-corrected chi connectivity index (χ1v) is 12.4. The van der Waals surface area contributed by atoms with Gasteiger partial charge in [-0.3, -0.25) is 4.57 Å². The predicted molar refractivity (Wildman–Crippen MR) is 129 cm³/mol. The lowest BCUT2D eigenvalue weighted by Crippen LogP contribution is -2.38. The number of carbonyl (C=O) groups is 1. The van der Waals surface area contributed by atoms with Gasteiger partial charge in [0, 0.05) is 30.9 Å². The maximum absolute atomic E-state index is 13.4. The van der Waals surface area contributed by atoms with Crippen LogP contribution in [0.3, 0.4) is 0 Å². The number of nitrogens with zero attached hydrogens (tertiary/aromatic N) is 5. The van der Waals surface area contributed by atoms with E-state index >= 15 is 0 Å². The molecule has 2 aliphatic rings. The molecule has 0 radical (unpaired) electrons. The van der Waals surface area contributed by atoms with Crippen molar-refractivity contribution in [1.82, 2.24) is 24.4 Å². The summed E-state index contributed by atoms with van der Waals surface area (Å²) in [5, 5.41) is 15.2. The predicted octanol–water partition coefficient (Wildman–Crippen LogP) is 6.28. The van der Waals surface area contributed by atoms with Crippen LogP contribution in [0.2, 0.25) is 0 Å². The van der Waals surface area contributed by atoms with E-state index in [1.165, 1.54) is 11.1 Å². The highest BCUT2D eigenvalue weighted by atomic mass is 19.4. The summed E-state index contributed by atoms with van der Waals surface area (Å²) < 4.78 is 82.2. The van der Waals surface area contributed by atoms with Gasteiger partial charge in [-0.25, -0.2) is 14.8 Å². The second-order valence-corrected chi connectivity index (χ2v) is 9.75. The van der Waals surface area contributed by atoms with Gasteiger partial charge in [-0.05, 0) is 43.9 Å². The number of carboxylic acid groups (broad SMARTS) is 1. The molecule has 2 aromatic heterocycles. The first-order valence-electron chi connectivity index (χ1n) is 12.4. The first kappa shape index (κ1) is 26.8. The Balaban J connectivity index is 1.56. The van der Waals surface area contributed by atoms with Crippen LogP contribution in [0.4, 0.5) is 48.7 Å². The highest BCUT2D eigenvalue weighted by molar-refractivity contribution is 5.77. The van der Waals surface area contributed by atoms with Gasteiger partial charge in [-0.2, -0.15) is 31.3 Å². The van der Waals surface area contributed by atoms with Crippen molar-refractivity contribution >= 4 is 34.8 Å². The van der Waals surface area contributed by atoms with E-state index in [9.17, 15) is 36.2 Å². The Labute approximate surface area is 218 Å². The summed E-state index contributed by atoms with van der Waals surface area (Å²) in [7, 11) is 0. The summed E-state index contributed by atoms with van der Waals surface area (Å²) >= 11 is 0. The topological polar surface area (TPSA) is 108 Å². The zero-order valence-electron chi connectivity index (χ0n) is 20.5. The molecule has 1 saturated carbocycles. The van der Waals surface area contributed by atoms with Gasteiger partial charge < -0.3 is 20.6 Å². The average molecular weight is 557 g/mol. The fourth-order valence-electron chi connectivity index (χ4n) is 5.12. The Morgan fingerprint density at radius 1 is 0.923 bits per heavy atom. The van der Waals surface area contributed by atoms with Gasteiger partial charge in [0.2, 0.25) is 11.9 Å². The number of likely N-dealkylation sites (tertiary alicyclic amines) is 1. The van der Waals surface area contributed by atoms with E-state index < -0.39 is 35.3 Å². The molecule has 1 saturated heterocycles. The number of alkyl halides is 6. The molecule has 3 heterocycles. The SMILES string of the molecule is O=C(O)N1CCC(n2c(Nc3cc(C(F)(F)F)cc(C(F)(F)F)c3)nc3cnc(NC4CCCC4)nc32)CC1. The minimum absolute atomic E-state index is 0.0152.